The van der Waals surface area contributed by atoms with Gasteiger partial charge < -0.3 is 13.9 Å². The van der Waals surface area contributed by atoms with E-state index in [1.807, 2.05) is 0 Å². The zero-order valence-electron chi connectivity index (χ0n) is 11.2. The number of oxazole rings is 1. The molecule has 0 spiro atoms. The van der Waals surface area contributed by atoms with Gasteiger partial charge in [0.15, 0.2) is 5.89 Å². The van der Waals surface area contributed by atoms with Crippen LogP contribution in [0.25, 0.3) is 0 Å². The van der Waals surface area contributed by atoms with Gasteiger partial charge in [0.2, 0.25) is 11.5 Å². The maximum Gasteiger partial charge on any atom is 0.377 e. The van der Waals surface area contributed by atoms with Crippen LogP contribution in [-0.4, -0.2) is 29.1 Å². The number of aryl methyl sites for hydroxylation is 1. The Hall–Kier alpha value is -1.85. The van der Waals surface area contributed by atoms with Gasteiger partial charge in [-0.25, -0.2) is 14.6 Å². The summed E-state index contributed by atoms with van der Waals surface area (Å²) in [6.07, 6.45) is 0. The molecule has 1 aromatic heterocycles. The highest BCUT2D eigenvalue weighted by Crippen LogP contribution is 2.17. The predicted octanol–water partition coefficient (Wildman–Crippen LogP) is 2.12. The molecule has 0 N–H and O–H groups in total. The number of rotatable bonds is 3. The molecule has 0 bridgehead atoms. The van der Waals surface area contributed by atoms with Crippen molar-refractivity contribution in [2.75, 3.05) is 6.61 Å². The standard InChI is InChI=1S/C12H17NO5/c1-6-16-10(14)8-9(17-7(2)13-8)11(15)18-12(3,4)5/h6H2,1-5H3. The topological polar surface area (TPSA) is 78.6 Å². The molecule has 0 atom stereocenters. The molecule has 0 saturated heterocycles. The van der Waals surface area contributed by atoms with E-state index in [4.69, 9.17) is 13.9 Å². The molecular weight excluding hydrogens is 238 g/mol. The van der Waals surface area contributed by atoms with Crippen LogP contribution in [0.1, 0.15) is 54.6 Å². The molecule has 0 fully saturated rings. The molecule has 100 valence electrons. The summed E-state index contributed by atoms with van der Waals surface area (Å²) < 4.78 is 15.0. The SMILES string of the molecule is CCOC(=O)c1nc(C)oc1C(=O)OC(C)(C)C. The second kappa shape index (κ2) is 5.20. The lowest BCUT2D eigenvalue weighted by atomic mass is 10.2. The van der Waals surface area contributed by atoms with Gasteiger partial charge >= 0.3 is 11.9 Å². The average molecular weight is 255 g/mol. The summed E-state index contributed by atoms with van der Waals surface area (Å²) >= 11 is 0. The molecule has 0 unspecified atom stereocenters. The van der Waals surface area contributed by atoms with E-state index in [0.717, 1.165) is 0 Å². The number of nitrogens with zero attached hydrogens (tertiary/aromatic N) is 1. The molecule has 0 aromatic carbocycles. The summed E-state index contributed by atoms with van der Waals surface area (Å²) in [5, 5.41) is 0. The fourth-order valence-electron chi connectivity index (χ4n) is 1.23. The quantitative estimate of drug-likeness (QED) is 0.770. The van der Waals surface area contributed by atoms with Crippen LogP contribution < -0.4 is 0 Å². The van der Waals surface area contributed by atoms with Crippen molar-refractivity contribution in [3.63, 3.8) is 0 Å². The summed E-state index contributed by atoms with van der Waals surface area (Å²) in [6.45, 7) is 8.56. The highest BCUT2D eigenvalue weighted by molar-refractivity contribution is 5.99. The lowest BCUT2D eigenvalue weighted by molar-refractivity contribution is 0.00289. The molecule has 6 nitrogen and oxygen atoms in total. The number of esters is 2. The molecular formula is C12H17NO5. The highest BCUT2D eigenvalue weighted by atomic mass is 16.6. The van der Waals surface area contributed by atoms with Crippen LogP contribution in [0.2, 0.25) is 0 Å². The van der Waals surface area contributed by atoms with E-state index in [1.54, 1.807) is 27.7 Å². The van der Waals surface area contributed by atoms with E-state index >= 15 is 0 Å². The van der Waals surface area contributed by atoms with Gasteiger partial charge in [0.25, 0.3) is 0 Å². The number of hydrogen-bond acceptors (Lipinski definition) is 6. The maximum absolute atomic E-state index is 11.8. The summed E-state index contributed by atoms with van der Waals surface area (Å²) in [5.41, 5.74) is -0.826. The van der Waals surface area contributed by atoms with Crippen molar-refractivity contribution in [3.8, 4) is 0 Å². The Balaban J connectivity index is 3.02. The Kier molecular flexibility index (Phi) is 4.11. The number of carbonyl (C=O) groups excluding carboxylic acids is 2. The van der Waals surface area contributed by atoms with Crippen molar-refractivity contribution in [1.29, 1.82) is 0 Å². The Bertz CT molecular complexity index is 456. The summed E-state index contributed by atoms with van der Waals surface area (Å²) in [5.74, 6) is -1.44. The first-order valence-electron chi connectivity index (χ1n) is 5.62. The molecule has 0 radical (unpaired) electrons. The van der Waals surface area contributed by atoms with E-state index in [-0.39, 0.29) is 24.0 Å². The van der Waals surface area contributed by atoms with Gasteiger partial charge in [0.1, 0.15) is 5.60 Å². The summed E-state index contributed by atoms with van der Waals surface area (Å²) in [7, 11) is 0. The van der Waals surface area contributed by atoms with Crippen molar-refractivity contribution in [2.24, 2.45) is 0 Å². The number of aromatic nitrogens is 1. The van der Waals surface area contributed by atoms with Crippen LogP contribution in [0.5, 0.6) is 0 Å². The molecule has 0 aliphatic heterocycles. The number of carbonyl (C=O) groups is 2. The lowest BCUT2D eigenvalue weighted by Gasteiger charge is -2.18. The summed E-state index contributed by atoms with van der Waals surface area (Å²) in [6, 6.07) is 0. The van der Waals surface area contributed by atoms with E-state index < -0.39 is 17.5 Å². The zero-order valence-corrected chi connectivity index (χ0v) is 11.2. The van der Waals surface area contributed by atoms with Gasteiger partial charge in [-0.1, -0.05) is 0 Å². The first-order chi connectivity index (χ1) is 8.24. The normalized spacial score (nSPS) is 11.2. The molecule has 0 aliphatic rings. The van der Waals surface area contributed by atoms with Gasteiger partial charge in [-0.3, -0.25) is 0 Å². The first kappa shape index (κ1) is 14.2. The predicted molar refractivity (Wildman–Crippen MR) is 62.4 cm³/mol. The third-order valence-electron chi connectivity index (χ3n) is 1.79. The van der Waals surface area contributed by atoms with Crippen LogP contribution in [0.3, 0.4) is 0 Å². The van der Waals surface area contributed by atoms with Gasteiger partial charge in [-0.15, -0.1) is 0 Å². The van der Waals surface area contributed by atoms with E-state index in [9.17, 15) is 9.59 Å². The number of ether oxygens (including phenoxy) is 2. The fourth-order valence-corrected chi connectivity index (χ4v) is 1.23. The fraction of sp³-hybridized carbons (Fsp3) is 0.583. The van der Waals surface area contributed by atoms with Gasteiger partial charge in [-0.05, 0) is 27.7 Å². The van der Waals surface area contributed by atoms with Gasteiger partial charge in [0, 0.05) is 6.92 Å². The van der Waals surface area contributed by atoms with Crippen LogP contribution in [-0.2, 0) is 9.47 Å². The van der Waals surface area contributed by atoms with Crippen molar-refractivity contribution in [2.45, 2.75) is 40.2 Å². The van der Waals surface area contributed by atoms with Crippen molar-refractivity contribution >= 4 is 11.9 Å². The molecule has 1 heterocycles. The summed E-state index contributed by atoms with van der Waals surface area (Å²) in [4.78, 5) is 27.3. The minimum Gasteiger partial charge on any atom is -0.461 e. The van der Waals surface area contributed by atoms with Crippen molar-refractivity contribution in [1.82, 2.24) is 4.98 Å². The second-order valence-corrected chi connectivity index (χ2v) is 4.63. The molecule has 6 heteroatoms. The highest BCUT2D eigenvalue weighted by Gasteiger charge is 2.29. The van der Waals surface area contributed by atoms with Crippen molar-refractivity contribution < 1.29 is 23.5 Å². The van der Waals surface area contributed by atoms with Crippen LogP contribution >= 0.6 is 0 Å². The smallest absolute Gasteiger partial charge is 0.377 e. The van der Waals surface area contributed by atoms with E-state index in [0.29, 0.717) is 0 Å². The minimum atomic E-state index is -0.730. The first-order valence-corrected chi connectivity index (χ1v) is 5.62. The third kappa shape index (κ3) is 3.58. The zero-order chi connectivity index (χ0) is 13.9. The third-order valence-corrected chi connectivity index (χ3v) is 1.79. The molecule has 1 aromatic rings. The number of hydrogen-bond donors (Lipinski definition) is 0. The van der Waals surface area contributed by atoms with E-state index in [2.05, 4.69) is 4.98 Å². The lowest BCUT2D eigenvalue weighted by Crippen LogP contribution is -2.25. The molecule has 1 rings (SSSR count). The Morgan fingerprint density at radius 1 is 1.28 bits per heavy atom. The Morgan fingerprint density at radius 3 is 2.39 bits per heavy atom. The molecule has 0 amide bonds. The maximum atomic E-state index is 11.8. The van der Waals surface area contributed by atoms with E-state index in [1.165, 1.54) is 6.92 Å². The monoisotopic (exact) mass is 255 g/mol. The van der Waals surface area contributed by atoms with Gasteiger partial charge in [0.05, 0.1) is 6.61 Å². The Morgan fingerprint density at radius 2 is 1.89 bits per heavy atom. The van der Waals surface area contributed by atoms with Crippen LogP contribution in [0, 0.1) is 6.92 Å². The minimum absolute atomic E-state index is 0.149. The van der Waals surface area contributed by atoms with Crippen LogP contribution in [0.15, 0.2) is 4.42 Å². The second-order valence-electron chi connectivity index (χ2n) is 4.63. The van der Waals surface area contributed by atoms with Gasteiger partial charge in [-0.2, -0.15) is 0 Å². The molecule has 18 heavy (non-hydrogen) atoms. The largest absolute Gasteiger partial charge is 0.461 e. The van der Waals surface area contributed by atoms with Crippen molar-refractivity contribution in [3.05, 3.63) is 17.3 Å². The molecule has 0 aliphatic carbocycles. The molecule has 0 saturated carbocycles. The Labute approximate surface area is 105 Å². The average Bonchev–Trinajstić information content (AvgIpc) is 2.58. The van der Waals surface area contributed by atoms with Crippen LogP contribution in [0.4, 0.5) is 0 Å².